The lowest BCUT2D eigenvalue weighted by Gasteiger charge is -2.26. The van der Waals surface area contributed by atoms with Gasteiger partial charge in [0.25, 0.3) is 5.91 Å². The average molecular weight is 485 g/mol. The summed E-state index contributed by atoms with van der Waals surface area (Å²) < 4.78 is 58.2. The molecule has 0 saturated carbocycles. The Kier molecular flexibility index (Phi) is 5.72. The molecule has 1 saturated heterocycles. The van der Waals surface area contributed by atoms with Gasteiger partial charge in [0.1, 0.15) is 22.7 Å². The number of sulfonamides is 1. The van der Waals surface area contributed by atoms with E-state index in [1.165, 1.54) is 11.4 Å². The molecule has 5 rings (SSSR count). The van der Waals surface area contributed by atoms with Gasteiger partial charge in [0.2, 0.25) is 10.0 Å². The Bertz CT molecular complexity index is 1510. The normalized spacial score (nSPS) is 15.0. The zero-order valence-corrected chi connectivity index (χ0v) is 19.0. The topological polar surface area (TPSA) is 98.1 Å². The van der Waals surface area contributed by atoms with Crippen LogP contribution in [0, 0.1) is 5.82 Å². The molecule has 0 unspecified atom stereocenters. The lowest BCUT2D eigenvalue weighted by atomic mass is 10.1. The number of benzene rings is 3. The van der Waals surface area contributed by atoms with Crippen LogP contribution in [0.1, 0.15) is 10.4 Å². The van der Waals surface area contributed by atoms with Crippen molar-refractivity contribution >= 4 is 43.6 Å². The summed E-state index contributed by atoms with van der Waals surface area (Å²) in [5.41, 5.74) is 1.05. The Morgan fingerprint density at radius 2 is 1.79 bits per heavy atom. The molecule has 10 heteroatoms. The molecular formula is C24H21FN2O6S. The second-order valence-corrected chi connectivity index (χ2v) is 9.70. The summed E-state index contributed by atoms with van der Waals surface area (Å²) >= 11 is 0. The Morgan fingerprint density at radius 1 is 1.03 bits per heavy atom. The lowest BCUT2D eigenvalue weighted by Crippen LogP contribution is -2.40. The van der Waals surface area contributed by atoms with Gasteiger partial charge in [-0.05, 0) is 30.3 Å². The smallest absolute Gasteiger partial charge is 0.258 e. The summed E-state index contributed by atoms with van der Waals surface area (Å²) in [6, 6.07) is 14.0. The van der Waals surface area contributed by atoms with Gasteiger partial charge in [-0.15, -0.1) is 0 Å². The maximum atomic E-state index is 14.6. The number of hydrogen-bond donors (Lipinski definition) is 1. The highest BCUT2D eigenvalue weighted by molar-refractivity contribution is 7.89. The third-order valence-corrected chi connectivity index (χ3v) is 7.63. The Morgan fingerprint density at radius 3 is 2.56 bits per heavy atom. The number of para-hydroxylation sites is 1. The van der Waals surface area contributed by atoms with E-state index in [1.807, 2.05) is 24.3 Å². The predicted octanol–water partition coefficient (Wildman–Crippen LogP) is 4.01. The molecule has 1 aromatic heterocycles. The van der Waals surface area contributed by atoms with Crippen LogP contribution in [0.4, 0.5) is 10.1 Å². The van der Waals surface area contributed by atoms with E-state index >= 15 is 0 Å². The summed E-state index contributed by atoms with van der Waals surface area (Å²) in [6.07, 6.45) is 0. The van der Waals surface area contributed by atoms with Crippen molar-refractivity contribution in [3.8, 4) is 5.75 Å². The van der Waals surface area contributed by atoms with Gasteiger partial charge in [-0.25, -0.2) is 12.8 Å². The van der Waals surface area contributed by atoms with Crippen LogP contribution in [-0.4, -0.2) is 52.0 Å². The van der Waals surface area contributed by atoms with Gasteiger partial charge < -0.3 is 19.2 Å². The van der Waals surface area contributed by atoms with Gasteiger partial charge in [-0.3, -0.25) is 4.79 Å². The van der Waals surface area contributed by atoms with Crippen molar-refractivity contribution in [2.24, 2.45) is 0 Å². The first-order valence-electron chi connectivity index (χ1n) is 10.6. The summed E-state index contributed by atoms with van der Waals surface area (Å²) in [6.45, 7) is 0.932. The maximum absolute atomic E-state index is 14.6. The summed E-state index contributed by atoms with van der Waals surface area (Å²) in [4.78, 5) is 12.8. The summed E-state index contributed by atoms with van der Waals surface area (Å²) in [5, 5.41) is 4.31. The van der Waals surface area contributed by atoms with Crippen molar-refractivity contribution in [3.05, 3.63) is 66.0 Å². The average Bonchev–Trinajstić information content (AvgIpc) is 3.21. The van der Waals surface area contributed by atoms with E-state index in [-0.39, 0.29) is 36.9 Å². The second-order valence-electron chi connectivity index (χ2n) is 7.76. The fourth-order valence-electron chi connectivity index (χ4n) is 3.98. The number of hydrogen-bond acceptors (Lipinski definition) is 6. The second kappa shape index (κ2) is 8.71. The quantitative estimate of drug-likeness (QED) is 0.460. The molecule has 0 aliphatic carbocycles. The number of fused-ring (bicyclic) bond motifs is 3. The molecule has 0 radical (unpaired) electrons. The highest BCUT2D eigenvalue weighted by Crippen LogP contribution is 2.36. The monoisotopic (exact) mass is 484 g/mol. The van der Waals surface area contributed by atoms with Crippen LogP contribution < -0.4 is 10.1 Å². The van der Waals surface area contributed by atoms with Crippen molar-refractivity contribution in [3.63, 3.8) is 0 Å². The van der Waals surface area contributed by atoms with Gasteiger partial charge in [0, 0.05) is 29.9 Å². The van der Waals surface area contributed by atoms with E-state index in [0.29, 0.717) is 16.9 Å². The van der Waals surface area contributed by atoms with Gasteiger partial charge in [-0.2, -0.15) is 4.31 Å². The van der Waals surface area contributed by atoms with Gasteiger partial charge in [0.15, 0.2) is 0 Å². The molecule has 0 bridgehead atoms. The number of carbonyl (C=O) groups excluding carboxylic acids is 1. The molecule has 0 atom stereocenters. The number of rotatable bonds is 5. The standard InChI is InChI=1S/C24H21FN2O6S/c1-31-23-13-17-16-4-2-3-5-21(16)33-22(17)14-20(23)26-24(28)18-12-15(6-7-19(18)25)34(29,30)27-8-10-32-11-9-27/h2-7,12-14H,8-11H2,1H3,(H,26,28). The molecule has 1 aliphatic rings. The van der Waals surface area contributed by atoms with Crippen LogP contribution in [-0.2, 0) is 14.8 Å². The largest absolute Gasteiger partial charge is 0.495 e. The first-order valence-corrected chi connectivity index (χ1v) is 12.0. The van der Waals surface area contributed by atoms with Crippen LogP contribution in [0.25, 0.3) is 21.9 Å². The summed E-state index contributed by atoms with van der Waals surface area (Å²) in [5.74, 6) is -1.31. The number of nitrogens with one attached hydrogen (secondary N) is 1. The van der Waals surface area contributed by atoms with Crippen LogP contribution in [0.2, 0.25) is 0 Å². The number of methoxy groups -OCH3 is 1. The van der Waals surface area contributed by atoms with E-state index < -0.39 is 27.3 Å². The van der Waals surface area contributed by atoms with Gasteiger partial charge in [-0.1, -0.05) is 18.2 Å². The first-order chi connectivity index (χ1) is 16.4. The Hall–Kier alpha value is -3.47. The fraction of sp³-hybridized carbons (Fsp3) is 0.208. The van der Waals surface area contributed by atoms with Gasteiger partial charge in [0.05, 0.1) is 36.5 Å². The van der Waals surface area contributed by atoms with Crippen molar-refractivity contribution in [2.45, 2.75) is 4.90 Å². The molecule has 3 aromatic carbocycles. The minimum absolute atomic E-state index is 0.166. The number of carbonyl (C=O) groups is 1. The molecule has 1 fully saturated rings. The van der Waals surface area contributed by atoms with E-state index in [9.17, 15) is 17.6 Å². The molecule has 34 heavy (non-hydrogen) atoms. The molecule has 0 spiro atoms. The van der Waals surface area contributed by atoms with Crippen molar-refractivity contribution in [1.82, 2.24) is 4.31 Å². The maximum Gasteiger partial charge on any atom is 0.258 e. The molecule has 1 amide bonds. The van der Waals surface area contributed by atoms with Crippen LogP contribution in [0.3, 0.4) is 0 Å². The zero-order chi connectivity index (χ0) is 23.9. The molecule has 1 aliphatic heterocycles. The molecular weight excluding hydrogens is 463 g/mol. The number of halogens is 1. The van der Waals surface area contributed by atoms with Crippen LogP contribution in [0.15, 0.2) is 63.9 Å². The number of nitrogens with zero attached hydrogens (tertiary/aromatic N) is 1. The highest BCUT2D eigenvalue weighted by atomic mass is 32.2. The molecule has 2 heterocycles. The van der Waals surface area contributed by atoms with Crippen molar-refractivity contribution in [1.29, 1.82) is 0 Å². The van der Waals surface area contributed by atoms with Crippen molar-refractivity contribution < 1.29 is 31.5 Å². The van der Waals surface area contributed by atoms with E-state index in [1.54, 1.807) is 12.1 Å². The molecule has 1 N–H and O–H groups in total. The fourth-order valence-corrected chi connectivity index (χ4v) is 5.42. The number of furan rings is 1. The third kappa shape index (κ3) is 3.89. The predicted molar refractivity (Wildman–Crippen MR) is 124 cm³/mol. The summed E-state index contributed by atoms with van der Waals surface area (Å²) in [7, 11) is -2.44. The Balaban J connectivity index is 1.49. The number of amides is 1. The number of morpholine rings is 1. The molecule has 8 nitrogen and oxygen atoms in total. The Labute approximate surface area is 194 Å². The SMILES string of the molecule is COc1cc2c(cc1NC(=O)c1cc(S(=O)(=O)N3CCOCC3)ccc1F)oc1ccccc12. The molecule has 4 aromatic rings. The van der Waals surface area contributed by atoms with Crippen LogP contribution >= 0.6 is 0 Å². The third-order valence-electron chi connectivity index (χ3n) is 5.74. The van der Waals surface area contributed by atoms with E-state index in [0.717, 1.165) is 29.0 Å². The minimum Gasteiger partial charge on any atom is -0.495 e. The van der Waals surface area contributed by atoms with Crippen molar-refractivity contribution in [2.75, 3.05) is 38.7 Å². The lowest BCUT2D eigenvalue weighted by molar-refractivity contribution is 0.0730. The van der Waals surface area contributed by atoms with Gasteiger partial charge >= 0.3 is 0 Å². The zero-order valence-electron chi connectivity index (χ0n) is 18.2. The molecule has 176 valence electrons. The van der Waals surface area contributed by atoms with E-state index in [4.69, 9.17) is 13.9 Å². The number of ether oxygens (including phenoxy) is 2. The highest BCUT2D eigenvalue weighted by Gasteiger charge is 2.28. The first kappa shape index (κ1) is 22.3. The van der Waals surface area contributed by atoms with Crippen LogP contribution in [0.5, 0.6) is 5.75 Å². The number of anilines is 1. The minimum atomic E-state index is -3.90. The van der Waals surface area contributed by atoms with E-state index in [2.05, 4.69) is 5.32 Å².